The molecule has 0 amide bonds. The molecule has 1 N–H and O–H groups in total. The van der Waals surface area contributed by atoms with Gasteiger partial charge in [-0.25, -0.2) is 15.0 Å². The zero-order valence-corrected chi connectivity index (χ0v) is 14.1. The van der Waals surface area contributed by atoms with Crippen LogP contribution >= 0.6 is 27.3 Å². The lowest BCUT2D eigenvalue weighted by molar-refractivity contribution is 0.564. The number of anilines is 1. The highest BCUT2D eigenvalue weighted by atomic mass is 79.9. The van der Waals surface area contributed by atoms with Crippen LogP contribution < -0.4 is 5.32 Å². The molecule has 0 saturated carbocycles. The number of aryl methyl sites for hydroxylation is 1. The molecule has 2 rings (SSSR count). The van der Waals surface area contributed by atoms with Crippen LogP contribution in [0.5, 0.6) is 0 Å². The first-order chi connectivity index (χ1) is 8.82. The number of nitrogens with zero attached hydrogens (tertiary/aromatic N) is 3. The van der Waals surface area contributed by atoms with Crippen LogP contribution in [0, 0.1) is 6.92 Å². The number of hydrogen-bond acceptors (Lipinski definition) is 5. The van der Waals surface area contributed by atoms with Crippen molar-refractivity contribution in [2.24, 2.45) is 0 Å². The molecule has 2 aromatic heterocycles. The summed E-state index contributed by atoms with van der Waals surface area (Å²) in [4.78, 5) is 13.7. The van der Waals surface area contributed by atoms with Gasteiger partial charge in [-0.3, -0.25) is 0 Å². The number of aromatic nitrogens is 3. The van der Waals surface area contributed by atoms with E-state index in [1.807, 2.05) is 19.4 Å². The van der Waals surface area contributed by atoms with Gasteiger partial charge in [-0.2, -0.15) is 0 Å². The fourth-order valence-corrected chi connectivity index (χ4v) is 3.36. The van der Waals surface area contributed by atoms with Crippen LogP contribution in [0.1, 0.15) is 32.2 Å². The summed E-state index contributed by atoms with van der Waals surface area (Å²) in [6, 6.07) is 0. The summed E-state index contributed by atoms with van der Waals surface area (Å²) in [7, 11) is 1.86. The number of hydrogen-bond donors (Lipinski definition) is 1. The summed E-state index contributed by atoms with van der Waals surface area (Å²) in [5.41, 5.74) is 1.92. The van der Waals surface area contributed by atoms with E-state index in [2.05, 4.69) is 57.0 Å². The lowest BCUT2D eigenvalue weighted by Crippen LogP contribution is -2.17. The van der Waals surface area contributed by atoms with Crippen LogP contribution in [0.4, 0.5) is 5.82 Å². The van der Waals surface area contributed by atoms with Gasteiger partial charge in [-0.15, -0.1) is 11.3 Å². The average Bonchev–Trinajstić information content (AvgIpc) is 2.74. The monoisotopic (exact) mass is 340 g/mol. The van der Waals surface area contributed by atoms with Gasteiger partial charge in [0.25, 0.3) is 0 Å². The second-order valence-electron chi connectivity index (χ2n) is 5.35. The predicted molar refractivity (Wildman–Crippen MR) is 83.8 cm³/mol. The van der Waals surface area contributed by atoms with Gasteiger partial charge < -0.3 is 5.32 Å². The van der Waals surface area contributed by atoms with Gasteiger partial charge >= 0.3 is 0 Å². The van der Waals surface area contributed by atoms with E-state index in [0.29, 0.717) is 5.82 Å². The van der Waals surface area contributed by atoms with Gasteiger partial charge in [0.15, 0.2) is 10.8 Å². The number of halogens is 1. The summed E-state index contributed by atoms with van der Waals surface area (Å²) >= 11 is 5.15. The van der Waals surface area contributed by atoms with E-state index in [0.717, 1.165) is 26.7 Å². The molecule has 2 heterocycles. The van der Waals surface area contributed by atoms with Crippen molar-refractivity contribution in [3.8, 4) is 10.8 Å². The molecule has 0 aliphatic carbocycles. The molecule has 6 heteroatoms. The van der Waals surface area contributed by atoms with Crippen molar-refractivity contribution in [1.82, 2.24) is 15.0 Å². The third-order valence-corrected chi connectivity index (χ3v) is 4.32. The molecule has 4 nitrogen and oxygen atoms in total. The van der Waals surface area contributed by atoms with Crippen molar-refractivity contribution >= 4 is 33.1 Å². The zero-order valence-electron chi connectivity index (χ0n) is 11.7. The Balaban J connectivity index is 2.64. The van der Waals surface area contributed by atoms with E-state index in [4.69, 9.17) is 0 Å². The molecule has 0 fully saturated rings. The highest BCUT2D eigenvalue weighted by Gasteiger charge is 2.23. The maximum Gasteiger partial charge on any atom is 0.191 e. The smallest absolute Gasteiger partial charge is 0.191 e. The Morgan fingerprint density at radius 3 is 2.37 bits per heavy atom. The van der Waals surface area contributed by atoms with Crippen LogP contribution in [0.3, 0.4) is 0 Å². The number of nitrogens with one attached hydrogen (secondary N) is 1. The maximum absolute atomic E-state index is 4.69. The van der Waals surface area contributed by atoms with Crippen molar-refractivity contribution in [1.29, 1.82) is 0 Å². The Labute approximate surface area is 125 Å². The average molecular weight is 341 g/mol. The number of thiazole rings is 1. The van der Waals surface area contributed by atoms with Crippen molar-refractivity contribution in [3.05, 3.63) is 21.2 Å². The zero-order chi connectivity index (χ0) is 14.2. The second kappa shape index (κ2) is 5.17. The minimum atomic E-state index is -0.0611. The van der Waals surface area contributed by atoms with Gasteiger partial charge in [0.2, 0.25) is 0 Å². The summed E-state index contributed by atoms with van der Waals surface area (Å²) in [6.07, 6.45) is 0. The molecule has 19 heavy (non-hydrogen) atoms. The van der Waals surface area contributed by atoms with E-state index >= 15 is 0 Å². The summed E-state index contributed by atoms with van der Waals surface area (Å²) < 4.78 is 0.916. The fraction of sp³-hybridized carbons (Fsp3) is 0.462. The largest absolute Gasteiger partial charge is 0.372 e. The lowest BCUT2D eigenvalue weighted by atomic mass is 9.92. The minimum Gasteiger partial charge on any atom is -0.372 e. The first-order valence-corrected chi connectivity index (χ1v) is 7.68. The van der Waals surface area contributed by atoms with E-state index in [-0.39, 0.29) is 5.41 Å². The molecule has 0 unspecified atom stereocenters. The summed E-state index contributed by atoms with van der Waals surface area (Å²) in [5, 5.41) is 5.97. The van der Waals surface area contributed by atoms with Gasteiger partial charge in [0.05, 0.1) is 10.2 Å². The molecule has 0 saturated heterocycles. The van der Waals surface area contributed by atoms with E-state index in [1.165, 1.54) is 0 Å². The molecule has 0 radical (unpaired) electrons. The quantitative estimate of drug-likeness (QED) is 0.897. The Bertz CT molecular complexity index is 601. The topological polar surface area (TPSA) is 50.7 Å². The Hall–Kier alpha value is -1.01. The lowest BCUT2D eigenvalue weighted by Gasteiger charge is -2.21. The normalized spacial score (nSPS) is 11.7. The van der Waals surface area contributed by atoms with Crippen LogP contribution in [0.2, 0.25) is 0 Å². The van der Waals surface area contributed by atoms with Crippen molar-refractivity contribution < 1.29 is 0 Å². The Kier molecular flexibility index (Phi) is 3.92. The van der Waals surface area contributed by atoms with E-state index in [1.54, 1.807) is 11.3 Å². The summed E-state index contributed by atoms with van der Waals surface area (Å²) in [5.74, 6) is 1.47. The summed E-state index contributed by atoms with van der Waals surface area (Å²) in [6.45, 7) is 8.38. The molecule has 0 atom stereocenters. The van der Waals surface area contributed by atoms with Gasteiger partial charge in [0, 0.05) is 23.5 Å². The van der Waals surface area contributed by atoms with E-state index < -0.39 is 0 Å². The van der Waals surface area contributed by atoms with E-state index in [9.17, 15) is 0 Å². The third kappa shape index (κ3) is 2.95. The molecule has 0 aliphatic rings. The van der Waals surface area contributed by atoms with Crippen LogP contribution in [-0.4, -0.2) is 22.0 Å². The third-order valence-electron chi connectivity index (χ3n) is 2.61. The molecule has 2 aromatic rings. The van der Waals surface area contributed by atoms with Crippen LogP contribution in [-0.2, 0) is 5.41 Å². The minimum absolute atomic E-state index is 0.0611. The van der Waals surface area contributed by atoms with Crippen molar-refractivity contribution in [3.63, 3.8) is 0 Å². The SMILES string of the molecule is CNc1nc(-c2nc(C)cs2)nc(C(C)(C)C)c1Br. The first-order valence-electron chi connectivity index (χ1n) is 6.01. The molecule has 0 bridgehead atoms. The van der Waals surface area contributed by atoms with Gasteiger partial charge in [-0.1, -0.05) is 20.8 Å². The Morgan fingerprint density at radius 2 is 1.89 bits per heavy atom. The van der Waals surface area contributed by atoms with Crippen molar-refractivity contribution in [2.75, 3.05) is 12.4 Å². The molecule has 0 spiro atoms. The van der Waals surface area contributed by atoms with Crippen molar-refractivity contribution in [2.45, 2.75) is 33.1 Å². The highest BCUT2D eigenvalue weighted by molar-refractivity contribution is 9.10. The molecule has 0 aromatic carbocycles. The molecular formula is C13H17BrN4S. The first kappa shape index (κ1) is 14.4. The van der Waals surface area contributed by atoms with Crippen LogP contribution in [0.15, 0.2) is 9.85 Å². The standard InChI is InChI=1S/C13H17BrN4S/c1-7-6-19-12(16-7)11-17-9(13(2,3)4)8(14)10(15-5)18-11/h6H,1-5H3,(H,15,17,18). The van der Waals surface area contributed by atoms with Crippen LogP contribution in [0.25, 0.3) is 10.8 Å². The fourth-order valence-electron chi connectivity index (χ4n) is 1.66. The molecular weight excluding hydrogens is 324 g/mol. The molecule has 102 valence electrons. The number of rotatable bonds is 2. The van der Waals surface area contributed by atoms with Gasteiger partial charge in [0.1, 0.15) is 5.82 Å². The maximum atomic E-state index is 4.69. The van der Waals surface area contributed by atoms with Gasteiger partial charge in [-0.05, 0) is 22.9 Å². The Morgan fingerprint density at radius 1 is 1.21 bits per heavy atom. The molecule has 0 aliphatic heterocycles. The highest BCUT2D eigenvalue weighted by Crippen LogP contribution is 2.34. The second-order valence-corrected chi connectivity index (χ2v) is 7.00. The predicted octanol–water partition coefficient (Wildman–Crippen LogP) is 4.01.